The number of anilines is 2. The monoisotopic (exact) mass is 568 g/mol. The normalized spacial score (nSPS) is 20.9. The van der Waals surface area contributed by atoms with Crippen molar-refractivity contribution in [3.05, 3.63) is 137 Å². The van der Waals surface area contributed by atoms with Crippen LogP contribution in [0.1, 0.15) is 37.8 Å². The Morgan fingerprint density at radius 2 is 1.53 bits per heavy atom. The average molecular weight is 569 g/mol. The molecule has 3 aromatic carbocycles. The van der Waals surface area contributed by atoms with Gasteiger partial charge in [0.2, 0.25) is 5.91 Å². The maximum absolute atomic E-state index is 15.2. The molecule has 7 rings (SSSR count). The van der Waals surface area contributed by atoms with E-state index in [-0.39, 0.29) is 41.5 Å². The molecule has 3 aliphatic rings. The zero-order chi connectivity index (χ0) is 29.9. The van der Waals surface area contributed by atoms with Crippen molar-refractivity contribution in [3.63, 3.8) is 0 Å². The third-order valence-corrected chi connectivity index (χ3v) is 8.70. The maximum Gasteiger partial charge on any atom is 0.248 e. The number of allylic oxidation sites excluding steroid dienone is 1. The summed E-state index contributed by atoms with van der Waals surface area (Å²) in [6, 6.07) is 29.4. The highest BCUT2D eigenvalue weighted by atomic mass is 19.1. The molecule has 43 heavy (non-hydrogen) atoms. The molecule has 0 N–H and O–H groups in total. The summed E-state index contributed by atoms with van der Waals surface area (Å²) in [4.78, 5) is 33.2. The molecule has 1 aliphatic carbocycles. The molecule has 0 unspecified atom stereocenters. The van der Waals surface area contributed by atoms with Gasteiger partial charge in [0.15, 0.2) is 5.78 Å². The molecule has 4 aromatic rings. The topological polar surface area (TPSA) is 69.3 Å². The SMILES string of the molecule is CC1(C)CC(=O)C2=C(C1)N(c1ccccc1)C(n1cccc1)=C(C#N)[C@@]21C(=O)N(Cc2ccc(F)cc2)c2ccccc21. The summed E-state index contributed by atoms with van der Waals surface area (Å²) in [5.41, 5.74) is 2.05. The zero-order valence-corrected chi connectivity index (χ0v) is 23.9. The molecular weight excluding hydrogens is 539 g/mol. The molecule has 7 heteroatoms. The molecule has 0 radical (unpaired) electrons. The van der Waals surface area contributed by atoms with Gasteiger partial charge in [-0.3, -0.25) is 14.5 Å². The Labute approximate surface area is 249 Å². The number of para-hydroxylation sites is 2. The number of hydrogen-bond donors (Lipinski definition) is 0. The van der Waals surface area contributed by atoms with Gasteiger partial charge in [-0.25, -0.2) is 4.39 Å². The van der Waals surface area contributed by atoms with E-state index in [9.17, 15) is 14.4 Å². The highest BCUT2D eigenvalue weighted by Crippen LogP contribution is 2.59. The molecule has 6 nitrogen and oxygen atoms in total. The van der Waals surface area contributed by atoms with Gasteiger partial charge in [-0.05, 0) is 59.9 Å². The van der Waals surface area contributed by atoms with Crippen molar-refractivity contribution in [3.8, 4) is 6.07 Å². The quantitative estimate of drug-likeness (QED) is 0.267. The van der Waals surface area contributed by atoms with Crippen LogP contribution in [-0.2, 0) is 21.5 Å². The summed E-state index contributed by atoms with van der Waals surface area (Å²) in [5.74, 6) is -0.335. The van der Waals surface area contributed by atoms with E-state index in [2.05, 4.69) is 19.9 Å². The molecule has 1 aromatic heterocycles. The van der Waals surface area contributed by atoms with Gasteiger partial charge in [-0.2, -0.15) is 5.26 Å². The van der Waals surface area contributed by atoms with E-state index < -0.39 is 5.41 Å². The molecule has 1 amide bonds. The zero-order valence-electron chi connectivity index (χ0n) is 23.9. The minimum absolute atomic E-state index is 0.140. The van der Waals surface area contributed by atoms with E-state index in [1.54, 1.807) is 17.0 Å². The van der Waals surface area contributed by atoms with Gasteiger partial charge in [0, 0.05) is 47.0 Å². The minimum Gasteiger partial charge on any atom is -0.309 e. The van der Waals surface area contributed by atoms with Gasteiger partial charge in [0.05, 0.1) is 12.1 Å². The van der Waals surface area contributed by atoms with Crippen molar-refractivity contribution in [2.75, 3.05) is 9.80 Å². The van der Waals surface area contributed by atoms with Crippen LogP contribution >= 0.6 is 0 Å². The van der Waals surface area contributed by atoms with Gasteiger partial charge in [-0.1, -0.05) is 62.4 Å². The van der Waals surface area contributed by atoms with Crippen LogP contribution in [0.4, 0.5) is 15.8 Å². The number of nitrogens with zero attached hydrogens (tertiary/aromatic N) is 4. The fourth-order valence-corrected chi connectivity index (χ4v) is 7.01. The highest BCUT2D eigenvalue weighted by molar-refractivity contribution is 6.22. The lowest BCUT2D eigenvalue weighted by atomic mass is 9.60. The third-order valence-electron chi connectivity index (χ3n) is 8.70. The Morgan fingerprint density at radius 1 is 0.860 bits per heavy atom. The molecule has 2 aliphatic heterocycles. The first-order chi connectivity index (χ1) is 20.8. The Kier molecular flexibility index (Phi) is 6.00. The van der Waals surface area contributed by atoms with Crippen LogP contribution in [0.15, 0.2) is 120 Å². The fraction of sp³-hybridized carbons (Fsp3) is 0.194. The number of ketones is 1. The van der Waals surface area contributed by atoms with Crippen molar-refractivity contribution >= 4 is 28.9 Å². The van der Waals surface area contributed by atoms with Crippen molar-refractivity contribution < 1.29 is 14.0 Å². The van der Waals surface area contributed by atoms with Crippen LogP contribution in [-0.4, -0.2) is 16.3 Å². The number of carbonyl (C=O) groups excluding carboxylic acids is 2. The number of nitriles is 1. The summed E-state index contributed by atoms with van der Waals surface area (Å²) < 4.78 is 15.6. The van der Waals surface area contributed by atoms with Gasteiger partial charge >= 0.3 is 0 Å². The maximum atomic E-state index is 15.2. The van der Waals surface area contributed by atoms with Crippen LogP contribution < -0.4 is 9.80 Å². The summed E-state index contributed by atoms with van der Waals surface area (Å²) in [6.45, 7) is 4.30. The molecule has 0 bridgehead atoms. The van der Waals surface area contributed by atoms with Crippen molar-refractivity contribution in [1.82, 2.24) is 4.57 Å². The molecule has 0 saturated carbocycles. The molecule has 1 atom stereocenters. The van der Waals surface area contributed by atoms with E-state index in [4.69, 9.17) is 0 Å². The number of fused-ring (bicyclic) bond motifs is 3. The number of benzene rings is 3. The predicted molar refractivity (Wildman–Crippen MR) is 163 cm³/mol. The van der Waals surface area contributed by atoms with Crippen molar-refractivity contribution in [2.24, 2.45) is 5.41 Å². The number of halogens is 1. The van der Waals surface area contributed by atoms with Crippen LogP contribution in [0, 0.1) is 22.6 Å². The number of Topliss-reactive ketones (excluding diaryl/α,β-unsaturated/α-hetero) is 1. The lowest BCUT2D eigenvalue weighted by molar-refractivity contribution is -0.125. The predicted octanol–water partition coefficient (Wildman–Crippen LogP) is 6.97. The number of aromatic nitrogens is 1. The first kappa shape index (κ1) is 26.7. The second-order valence-corrected chi connectivity index (χ2v) is 12.1. The third kappa shape index (κ3) is 3.90. The number of amides is 1. The van der Waals surface area contributed by atoms with Gasteiger partial charge in [-0.15, -0.1) is 0 Å². The summed E-state index contributed by atoms with van der Waals surface area (Å²) in [7, 11) is 0. The van der Waals surface area contributed by atoms with Crippen LogP contribution in [0.2, 0.25) is 0 Å². The molecule has 0 saturated heterocycles. The largest absolute Gasteiger partial charge is 0.309 e. The van der Waals surface area contributed by atoms with Gasteiger partial charge < -0.3 is 9.47 Å². The summed E-state index contributed by atoms with van der Waals surface area (Å²) in [6.07, 6.45) is 4.50. The molecular formula is C36H29FN4O2. The summed E-state index contributed by atoms with van der Waals surface area (Å²) in [5, 5.41) is 11.1. The van der Waals surface area contributed by atoms with Crippen LogP contribution in [0.25, 0.3) is 5.82 Å². The van der Waals surface area contributed by atoms with Crippen molar-refractivity contribution in [1.29, 1.82) is 5.26 Å². The summed E-state index contributed by atoms with van der Waals surface area (Å²) >= 11 is 0. The smallest absolute Gasteiger partial charge is 0.248 e. The van der Waals surface area contributed by atoms with E-state index >= 15 is 4.79 Å². The fourth-order valence-electron chi connectivity index (χ4n) is 7.01. The Hall–Kier alpha value is -5.22. The van der Waals surface area contributed by atoms with E-state index in [0.29, 0.717) is 29.1 Å². The van der Waals surface area contributed by atoms with E-state index in [1.165, 1.54) is 12.1 Å². The molecule has 212 valence electrons. The first-order valence-corrected chi connectivity index (χ1v) is 14.3. The second-order valence-electron chi connectivity index (χ2n) is 12.1. The van der Waals surface area contributed by atoms with Crippen LogP contribution in [0.5, 0.6) is 0 Å². The first-order valence-electron chi connectivity index (χ1n) is 14.3. The Bertz CT molecular complexity index is 1880. The number of carbonyl (C=O) groups is 2. The van der Waals surface area contributed by atoms with Crippen LogP contribution in [0.3, 0.4) is 0 Å². The van der Waals surface area contributed by atoms with E-state index in [1.807, 2.05) is 88.6 Å². The molecule has 1 spiro atoms. The number of hydrogen-bond acceptors (Lipinski definition) is 4. The average Bonchev–Trinajstić information content (AvgIpc) is 3.61. The highest BCUT2D eigenvalue weighted by Gasteiger charge is 2.63. The second kappa shape index (κ2) is 9.67. The minimum atomic E-state index is -1.64. The Balaban J connectivity index is 1.58. The Morgan fingerprint density at radius 3 is 2.23 bits per heavy atom. The van der Waals surface area contributed by atoms with Crippen molar-refractivity contribution in [2.45, 2.75) is 38.6 Å². The lowest BCUT2D eigenvalue weighted by Crippen LogP contribution is -2.52. The molecule has 3 heterocycles. The standard InChI is InChI=1S/C36H29FN4O2/c1-35(2)20-30-32(31(42)21-35)36(28(22-38)33(39-18-8-9-19-39)41(30)26-10-4-3-5-11-26)27-12-6-7-13-29(27)40(34(36)43)23-24-14-16-25(37)17-15-24/h3-19H,20-21,23H2,1-2H3/t36-/m1/s1. The van der Waals surface area contributed by atoms with Gasteiger partial charge in [0.25, 0.3) is 0 Å². The molecule has 0 fully saturated rings. The number of rotatable bonds is 4. The lowest BCUT2D eigenvalue weighted by Gasteiger charge is -2.48. The van der Waals surface area contributed by atoms with Gasteiger partial charge in [0.1, 0.15) is 23.1 Å². The van der Waals surface area contributed by atoms with E-state index in [0.717, 1.165) is 16.9 Å².